The Balaban J connectivity index is 7.39. The lowest BCUT2D eigenvalue weighted by Crippen LogP contribution is -2.60. The number of nitrogens with one attached hydrogen (secondary N) is 7. The van der Waals surface area contributed by atoms with E-state index in [0.29, 0.717) is 0 Å². The van der Waals surface area contributed by atoms with Crippen LogP contribution in [-0.2, 0) is 38.4 Å². The van der Waals surface area contributed by atoms with Gasteiger partial charge in [0.15, 0.2) is 41.7 Å². The zero-order valence-electron chi connectivity index (χ0n) is 47.0. The van der Waals surface area contributed by atoms with Crippen LogP contribution >= 0.6 is 0 Å². The Kier molecular flexibility index (Phi) is 36.9. The summed E-state index contributed by atoms with van der Waals surface area (Å²) in [7, 11) is 0. The van der Waals surface area contributed by atoms with Crippen LogP contribution in [0.15, 0.2) is 34.9 Å². The van der Waals surface area contributed by atoms with Crippen molar-refractivity contribution in [3.63, 3.8) is 0 Å². The quantitative estimate of drug-likeness (QED) is 0.0153. The summed E-state index contributed by atoms with van der Waals surface area (Å²) in [6.45, 7) is 1.47. The molecule has 0 heterocycles. The van der Waals surface area contributed by atoms with Crippen LogP contribution in [0.4, 0.5) is 0 Å². The van der Waals surface area contributed by atoms with Gasteiger partial charge in [0.1, 0.15) is 42.3 Å². The van der Waals surface area contributed by atoms with Gasteiger partial charge in [-0.15, -0.1) is 0 Å². The summed E-state index contributed by atoms with van der Waals surface area (Å²) in [5.74, 6) is -9.24. The monoisotopic (exact) mass is 1180 g/mol. The van der Waals surface area contributed by atoms with Gasteiger partial charge in [-0.25, -0.2) is 4.79 Å². The largest absolute Gasteiger partial charge is 0.480 e. The van der Waals surface area contributed by atoms with Crippen LogP contribution in [0.1, 0.15) is 96.8 Å². The molecule has 38 nitrogen and oxygen atoms in total. The van der Waals surface area contributed by atoms with Crippen molar-refractivity contribution in [2.75, 3.05) is 45.8 Å². The lowest BCUT2D eigenvalue weighted by Gasteiger charge is -2.28. The van der Waals surface area contributed by atoms with Crippen LogP contribution in [0.25, 0.3) is 0 Å². The number of nitrogens with two attached hydrogens (primary N) is 15. The number of guanidine groups is 7. The van der Waals surface area contributed by atoms with Crippen LogP contribution < -0.4 is 123 Å². The molecule has 0 aliphatic heterocycles. The van der Waals surface area contributed by atoms with E-state index < -0.39 is 95.7 Å². The SMILES string of the molecule is C[C@H](N)C(=O)N[C@@H](CCCN=C(N)N)C(=O)N[C@@H](CCCN=C(N)N)C(=O)N[C@@H](CCCN=C(N)N)C(=O)N[C@@H](CCCN=C(N)N)C(=O)N[C@@H](CCCN=C(N)N)C(=O)N[C@@H](CCCN=C(N)N)C(=O)N[C@@H](CCCN=C(N)N)C(=O)O. The Morgan fingerprint density at radius 1 is 0.289 bits per heavy atom. The second kappa shape index (κ2) is 41.6. The van der Waals surface area contributed by atoms with Crippen LogP contribution in [0.5, 0.6) is 0 Å². The van der Waals surface area contributed by atoms with E-state index in [1.165, 1.54) is 6.92 Å². The fraction of sp³-hybridized carbons (Fsp3) is 0.667. The van der Waals surface area contributed by atoms with E-state index in [1.54, 1.807) is 0 Å². The summed E-state index contributed by atoms with van der Waals surface area (Å²) in [5, 5.41) is 28.0. The molecule has 7 amide bonds. The molecule has 470 valence electrons. The molecule has 0 aliphatic carbocycles. The lowest BCUT2D eigenvalue weighted by atomic mass is 10.0. The first kappa shape index (κ1) is 73.6. The average molecular weight is 1180 g/mol. The molecule has 0 unspecified atom stereocenters. The van der Waals surface area contributed by atoms with Crippen molar-refractivity contribution >= 4 is 89.0 Å². The molecular weight excluding hydrogens is 1090 g/mol. The van der Waals surface area contributed by atoms with E-state index in [0.717, 1.165) is 0 Å². The first-order valence-corrected chi connectivity index (χ1v) is 26.5. The van der Waals surface area contributed by atoms with E-state index in [2.05, 4.69) is 72.2 Å². The summed E-state index contributed by atoms with van der Waals surface area (Å²) in [6.07, 6.45) is -0.0736. The number of hydrogen-bond donors (Lipinski definition) is 23. The van der Waals surface area contributed by atoms with Crippen LogP contribution in [-0.4, -0.2) is 188 Å². The molecule has 0 aliphatic rings. The van der Waals surface area contributed by atoms with Gasteiger partial charge in [0.2, 0.25) is 41.4 Å². The molecule has 0 aromatic carbocycles. The number of rotatable bonds is 43. The summed E-state index contributed by atoms with van der Waals surface area (Å²) in [4.78, 5) is 138. The predicted molar refractivity (Wildman–Crippen MR) is 314 cm³/mol. The standard InChI is InChI=1S/C45H91N29O9/c1-23(46)31(75)68-24(9-2-16-61-39(47)48)32(76)69-25(10-3-17-62-40(49)50)33(77)70-26(11-4-18-63-41(51)52)34(78)71-27(12-5-19-64-42(53)54)35(79)72-28(13-6-20-65-43(55)56)36(80)73-29(14-7-21-66-44(57)58)37(81)74-30(38(82)83)15-8-22-67-45(59)60/h23-30H,2-22,46H2,1H3,(H,68,75)(H,69,76)(H,70,77)(H,71,78)(H,72,79)(H,73,80)(H,74,81)(H,82,83)(H4,47,48,61)(H4,49,50,62)(H4,51,52,63)(H4,53,54,64)(H4,55,56,65)(H4,57,58,66)(H4,59,60,67)/t23-,24-,25-,26-,27-,28-,29-,30-/m0/s1. The van der Waals surface area contributed by atoms with Gasteiger partial charge in [-0.05, 0) is 96.8 Å². The highest BCUT2D eigenvalue weighted by Gasteiger charge is 2.34. The maximum Gasteiger partial charge on any atom is 0.326 e. The number of amides is 7. The summed E-state index contributed by atoms with van der Waals surface area (Å²) in [5.41, 5.74) is 82.6. The Morgan fingerprint density at radius 3 is 0.578 bits per heavy atom. The van der Waals surface area contributed by atoms with Gasteiger partial charge in [-0.2, -0.15) is 0 Å². The normalized spacial score (nSPS) is 13.5. The van der Waals surface area contributed by atoms with Crippen LogP contribution in [0, 0.1) is 0 Å². The summed E-state index contributed by atoms with van der Waals surface area (Å²) < 4.78 is 0. The van der Waals surface area contributed by atoms with Gasteiger partial charge in [0.05, 0.1) is 6.04 Å². The molecule has 0 aromatic rings. The fourth-order valence-electron chi connectivity index (χ4n) is 7.33. The zero-order valence-corrected chi connectivity index (χ0v) is 47.0. The van der Waals surface area contributed by atoms with Crippen molar-refractivity contribution in [1.29, 1.82) is 0 Å². The highest BCUT2D eigenvalue weighted by molar-refractivity contribution is 5.97. The third-order valence-corrected chi connectivity index (χ3v) is 11.4. The first-order valence-electron chi connectivity index (χ1n) is 26.5. The number of carboxylic acids is 1. The highest BCUT2D eigenvalue weighted by atomic mass is 16.4. The molecule has 0 saturated carbocycles. The van der Waals surface area contributed by atoms with Crippen LogP contribution in [0.2, 0.25) is 0 Å². The predicted octanol–water partition coefficient (Wildman–Crippen LogP) is -10.8. The number of nitrogens with zero attached hydrogens (tertiary/aromatic N) is 7. The number of aliphatic imine (C=N–C) groups is 7. The van der Waals surface area contributed by atoms with Gasteiger partial charge in [-0.1, -0.05) is 0 Å². The Morgan fingerprint density at radius 2 is 0.434 bits per heavy atom. The molecule has 0 bridgehead atoms. The zero-order chi connectivity index (χ0) is 63.0. The molecule has 0 rings (SSSR count). The third kappa shape index (κ3) is 36.5. The molecule has 8 atom stereocenters. The minimum atomic E-state index is -1.50. The molecule has 0 radical (unpaired) electrons. The number of hydrogen-bond acceptors (Lipinski definition) is 16. The van der Waals surface area contributed by atoms with Gasteiger partial charge in [0, 0.05) is 45.8 Å². The Bertz CT molecular complexity index is 2280. The first-order chi connectivity index (χ1) is 39.0. The molecule has 83 heavy (non-hydrogen) atoms. The highest BCUT2D eigenvalue weighted by Crippen LogP contribution is 2.11. The van der Waals surface area contributed by atoms with Gasteiger partial charge >= 0.3 is 5.97 Å². The number of carbonyl (C=O) groups excluding carboxylic acids is 7. The fourth-order valence-corrected chi connectivity index (χ4v) is 7.33. The molecule has 38 N–H and O–H groups in total. The van der Waals surface area contributed by atoms with Gasteiger partial charge in [-0.3, -0.25) is 68.5 Å². The van der Waals surface area contributed by atoms with E-state index in [1.807, 2.05) is 0 Å². The van der Waals surface area contributed by atoms with E-state index in [4.69, 9.17) is 86.0 Å². The minimum Gasteiger partial charge on any atom is -0.480 e. The second-order valence-corrected chi connectivity index (χ2v) is 18.7. The van der Waals surface area contributed by atoms with Crippen LogP contribution in [0.3, 0.4) is 0 Å². The van der Waals surface area contributed by atoms with Crippen molar-refractivity contribution in [1.82, 2.24) is 37.2 Å². The minimum absolute atomic E-state index is 0.00185. The lowest BCUT2D eigenvalue weighted by molar-refractivity contribution is -0.142. The number of aliphatic carboxylic acids is 1. The third-order valence-electron chi connectivity index (χ3n) is 11.4. The Labute approximate surface area is 480 Å². The number of carbonyl (C=O) groups is 8. The van der Waals surface area contributed by atoms with Crippen molar-refractivity contribution in [3.8, 4) is 0 Å². The van der Waals surface area contributed by atoms with Crippen molar-refractivity contribution < 1.29 is 43.5 Å². The van der Waals surface area contributed by atoms with Crippen molar-refractivity contribution in [2.24, 2.45) is 121 Å². The summed E-state index contributed by atoms with van der Waals surface area (Å²) in [6, 6.07) is -11.0. The topological polar surface area (TPSA) is 718 Å². The second-order valence-electron chi connectivity index (χ2n) is 18.7. The van der Waals surface area contributed by atoms with E-state index in [-0.39, 0.29) is 177 Å². The molecule has 0 saturated heterocycles. The maximum absolute atomic E-state index is 14.5. The van der Waals surface area contributed by atoms with Gasteiger partial charge in [0.25, 0.3) is 0 Å². The van der Waals surface area contributed by atoms with Crippen molar-refractivity contribution in [2.45, 2.75) is 145 Å². The van der Waals surface area contributed by atoms with E-state index >= 15 is 0 Å². The molecular formula is C45H91N29O9. The number of carboxylic acid groups (broad SMARTS) is 1. The molecule has 0 fully saturated rings. The van der Waals surface area contributed by atoms with Crippen molar-refractivity contribution in [3.05, 3.63) is 0 Å². The van der Waals surface area contributed by atoms with E-state index in [9.17, 15) is 43.5 Å². The average Bonchev–Trinajstić information content (AvgIpc) is 3.41. The van der Waals surface area contributed by atoms with Gasteiger partial charge < -0.3 is 128 Å². The summed E-state index contributed by atoms with van der Waals surface area (Å²) >= 11 is 0. The Hall–Kier alpha value is -9.39. The smallest absolute Gasteiger partial charge is 0.326 e. The maximum atomic E-state index is 14.5. The molecule has 0 aromatic heterocycles. The molecule has 0 spiro atoms. The molecule has 38 heteroatoms.